The van der Waals surface area contributed by atoms with Crippen molar-refractivity contribution in [3.63, 3.8) is 0 Å². The van der Waals surface area contributed by atoms with Crippen LogP contribution in [-0.2, 0) is 14.3 Å². The zero-order chi connectivity index (χ0) is 13.6. The summed E-state index contributed by atoms with van der Waals surface area (Å²) in [5, 5.41) is 9.11. The first-order valence-corrected chi connectivity index (χ1v) is 7.18. The average Bonchev–Trinajstić information content (AvgIpc) is 2.98. The highest BCUT2D eigenvalue weighted by atomic mass is 16.5. The van der Waals surface area contributed by atoms with Crippen LogP contribution < -0.4 is 0 Å². The number of likely N-dealkylation sites (tertiary alicyclic amines) is 1. The molecule has 106 valence electrons. The Labute approximate surface area is 112 Å². The first kappa shape index (κ1) is 12.9. The summed E-state index contributed by atoms with van der Waals surface area (Å²) in [4.78, 5) is 25.6. The Morgan fingerprint density at radius 1 is 1.32 bits per heavy atom. The number of nitrogens with zero attached hydrogens (tertiary/aromatic N) is 1. The number of piperidine rings is 1. The van der Waals surface area contributed by atoms with Crippen molar-refractivity contribution in [1.29, 1.82) is 0 Å². The van der Waals surface area contributed by atoms with Crippen molar-refractivity contribution in [3.8, 4) is 0 Å². The summed E-state index contributed by atoms with van der Waals surface area (Å²) in [5.74, 6) is -1.08. The molecule has 19 heavy (non-hydrogen) atoms. The topological polar surface area (TPSA) is 66.8 Å². The number of carbonyl (C=O) groups excluding carboxylic acids is 1. The molecule has 0 aromatic carbocycles. The number of hydrogen-bond acceptors (Lipinski definition) is 3. The number of carbonyl (C=O) groups is 2. The third-order valence-corrected chi connectivity index (χ3v) is 5.02. The highest BCUT2D eigenvalue weighted by Crippen LogP contribution is 2.48. The molecule has 3 rings (SSSR count). The summed E-state index contributed by atoms with van der Waals surface area (Å²) >= 11 is 0. The Hall–Kier alpha value is -1.10. The van der Waals surface area contributed by atoms with Crippen molar-refractivity contribution < 1.29 is 19.4 Å². The van der Waals surface area contributed by atoms with Crippen molar-refractivity contribution in [2.75, 3.05) is 13.1 Å². The molecule has 4 unspecified atom stereocenters. The SMILES string of the molecule is CC1(C(=O)N2CCCC(C(=O)O)C2)CC2CCC1O2. The van der Waals surface area contributed by atoms with E-state index in [1.165, 1.54) is 0 Å². The molecule has 3 fully saturated rings. The van der Waals surface area contributed by atoms with Crippen LogP contribution in [0.3, 0.4) is 0 Å². The van der Waals surface area contributed by atoms with Crippen LogP contribution >= 0.6 is 0 Å². The zero-order valence-electron chi connectivity index (χ0n) is 11.3. The Morgan fingerprint density at radius 3 is 2.68 bits per heavy atom. The molecule has 4 atom stereocenters. The molecule has 0 aromatic rings. The molecule has 3 aliphatic rings. The molecule has 2 bridgehead atoms. The number of rotatable bonds is 2. The maximum atomic E-state index is 12.7. The minimum atomic E-state index is -0.785. The van der Waals surface area contributed by atoms with E-state index in [0.29, 0.717) is 19.5 Å². The molecule has 0 aromatic heterocycles. The number of carboxylic acid groups (broad SMARTS) is 1. The normalized spacial score (nSPS) is 41.5. The number of hydrogen-bond donors (Lipinski definition) is 1. The Morgan fingerprint density at radius 2 is 2.11 bits per heavy atom. The van der Waals surface area contributed by atoms with Crippen molar-refractivity contribution in [2.45, 2.75) is 51.2 Å². The predicted octanol–water partition coefficient (Wildman–Crippen LogP) is 1.27. The van der Waals surface area contributed by atoms with Gasteiger partial charge in [-0.3, -0.25) is 9.59 Å². The Bertz CT molecular complexity index is 410. The number of amides is 1. The van der Waals surface area contributed by atoms with Gasteiger partial charge < -0.3 is 14.7 Å². The number of carboxylic acids is 1. The van der Waals surface area contributed by atoms with Crippen molar-refractivity contribution in [2.24, 2.45) is 11.3 Å². The van der Waals surface area contributed by atoms with E-state index < -0.39 is 17.3 Å². The quantitative estimate of drug-likeness (QED) is 0.818. The van der Waals surface area contributed by atoms with Gasteiger partial charge in [0.1, 0.15) is 0 Å². The lowest BCUT2D eigenvalue weighted by Gasteiger charge is -2.38. The standard InChI is InChI=1S/C14H21NO4/c1-14(7-10-4-5-11(14)19-10)13(18)15-6-2-3-9(8-15)12(16)17/h9-11H,2-8H2,1H3,(H,16,17). The van der Waals surface area contributed by atoms with E-state index in [-0.39, 0.29) is 18.1 Å². The largest absolute Gasteiger partial charge is 0.481 e. The van der Waals surface area contributed by atoms with Crippen LogP contribution in [0, 0.1) is 11.3 Å². The van der Waals surface area contributed by atoms with Gasteiger partial charge in [0.25, 0.3) is 0 Å². The average molecular weight is 267 g/mol. The minimum Gasteiger partial charge on any atom is -0.481 e. The van der Waals surface area contributed by atoms with Gasteiger partial charge in [-0.05, 0) is 39.0 Å². The highest BCUT2D eigenvalue weighted by molar-refractivity contribution is 5.84. The van der Waals surface area contributed by atoms with Gasteiger partial charge >= 0.3 is 5.97 Å². The molecular weight excluding hydrogens is 246 g/mol. The third-order valence-electron chi connectivity index (χ3n) is 5.02. The van der Waals surface area contributed by atoms with Crippen molar-refractivity contribution in [1.82, 2.24) is 4.90 Å². The number of ether oxygens (including phenoxy) is 1. The molecular formula is C14H21NO4. The molecule has 1 N–H and O–H groups in total. The minimum absolute atomic E-state index is 0.0372. The van der Waals surface area contributed by atoms with E-state index in [0.717, 1.165) is 25.7 Å². The molecule has 5 nitrogen and oxygen atoms in total. The van der Waals surface area contributed by atoms with Crippen molar-refractivity contribution in [3.05, 3.63) is 0 Å². The molecule has 0 aliphatic carbocycles. The highest BCUT2D eigenvalue weighted by Gasteiger charge is 2.55. The summed E-state index contributed by atoms with van der Waals surface area (Å²) in [7, 11) is 0. The lowest BCUT2D eigenvalue weighted by Crippen LogP contribution is -2.51. The maximum absolute atomic E-state index is 12.7. The first-order valence-electron chi connectivity index (χ1n) is 7.18. The van der Waals surface area contributed by atoms with Crippen molar-refractivity contribution >= 4 is 11.9 Å². The van der Waals surface area contributed by atoms with Crippen LogP contribution in [0.2, 0.25) is 0 Å². The maximum Gasteiger partial charge on any atom is 0.308 e. The second-order valence-electron chi connectivity index (χ2n) is 6.37. The van der Waals surface area contributed by atoms with Gasteiger partial charge in [0.05, 0.1) is 23.5 Å². The number of aliphatic carboxylic acids is 1. The fourth-order valence-corrected chi connectivity index (χ4v) is 3.88. The molecule has 1 amide bonds. The van der Waals surface area contributed by atoms with Gasteiger partial charge in [-0.2, -0.15) is 0 Å². The third kappa shape index (κ3) is 2.04. The van der Waals surface area contributed by atoms with E-state index in [2.05, 4.69) is 0 Å². The Kier molecular flexibility index (Phi) is 3.04. The van der Waals surface area contributed by atoms with E-state index in [4.69, 9.17) is 9.84 Å². The molecule has 3 heterocycles. The van der Waals surface area contributed by atoms with Crippen LogP contribution in [0.4, 0.5) is 0 Å². The monoisotopic (exact) mass is 267 g/mol. The second kappa shape index (κ2) is 4.47. The van der Waals surface area contributed by atoms with E-state index >= 15 is 0 Å². The zero-order valence-corrected chi connectivity index (χ0v) is 11.3. The smallest absolute Gasteiger partial charge is 0.308 e. The molecule has 3 saturated heterocycles. The molecule has 0 radical (unpaired) electrons. The molecule has 3 aliphatic heterocycles. The lowest BCUT2D eigenvalue weighted by atomic mass is 9.74. The Balaban J connectivity index is 1.71. The second-order valence-corrected chi connectivity index (χ2v) is 6.37. The summed E-state index contributed by atoms with van der Waals surface area (Å²) in [6, 6.07) is 0. The van der Waals surface area contributed by atoms with Crippen LogP contribution in [0.15, 0.2) is 0 Å². The summed E-state index contributed by atoms with van der Waals surface area (Å²) in [5.41, 5.74) is -0.427. The lowest BCUT2D eigenvalue weighted by molar-refractivity contribution is -0.150. The predicted molar refractivity (Wildman–Crippen MR) is 67.6 cm³/mol. The van der Waals surface area contributed by atoms with Crippen LogP contribution in [0.1, 0.15) is 39.0 Å². The van der Waals surface area contributed by atoms with Gasteiger partial charge in [0.2, 0.25) is 5.91 Å². The summed E-state index contributed by atoms with van der Waals surface area (Å²) < 4.78 is 5.81. The molecule has 0 spiro atoms. The summed E-state index contributed by atoms with van der Waals surface area (Å²) in [6.45, 7) is 3.04. The fraction of sp³-hybridized carbons (Fsp3) is 0.857. The van der Waals surface area contributed by atoms with Gasteiger partial charge in [0, 0.05) is 13.1 Å². The summed E-state index contributed by atoms with van der Waals surface area (Å²) in [6.07, 6.45) is 4.56. The van der Waals surface area contributed by atoms with Crippen LogP contribution in [0.25, 0.3) is 0 Å². The molecule has 0 saturated carbocycles. The van der Waals surface area contributed by atoms with Crippen LogP contribution in [0.5, 0.6) is 0 Å². The van der Waals surface area contributed by atoms with Gasteiger partial charge in [-0.15, -0.1) is 0 Å². The molecule has 5 heteroatoms. The first-order chi connectivity index (χ1) is 9.00. The van der Waals surface area contributed by atoms with Crippen LogP contribution in [-0.4, -0.2) is 47.2 Å². The van der Waals surface area contributed by atoms with E-state index in [1.807, 2.05) is 6.92 Å². The van der Waals surface area contributed by atoms with E-state index in [9.17, 15) is 9.59 Å². The van der Waals surface area contributed by atoms with Gasteiger partial charge in [-0.1, -0.05) is 0 Å². The van der Waals surface area contributed by atoms with E-state index in [1.54, 1.807) is 4.90 Å². The van der Waals surface area contributed by atoms with Gasteiger partial charge in [0.15, 0.2) is 0 Å². The number of fused-ring (bicyclic) bond motifs is 2. The fourth-order valence-electron chi connectivity index (χ4n) is 3.88. The van der Waals surface area contributed by atoms with Gasteiger partial charge in [-0.25, -0.2) is 0 Å².